The molecule has 1 aliphatic carbocycles. The molecule has 0 spiro atoms. The molecule has 1 rings (SSSR count). The zero-order valence-electron chi connectivity index (χ0n) is 5.13. The summed E-state index contributed by atoms with van der Waals surface area (Å²) in [6, 6.07) is 0. The highest BCUT2D eigenvalue weighted by atomic mass is 32.1. The van der Waals surface area contributed by atoms with E-state index in [1.165, 1.54) is 0 Å². The number of thiocarbonyl (C=S) groups is 1. The second-order valence-electron chi connectivity index (χ2n) is 1.88. The van der Waals surface area contributed by atoms with Crippen molar-refractivity contribution in [1.29, 1.82) is 0 Å². The van der Waals surface area contributed by atoms with Gasteiger partial charge in [-0.2, -0.15) is 0 Å². The molecule has 0 saturated carbocycles. The van der Waals surface area contributed by atoms with Crippen LogP contribution < -0.4 is 0 Å². The minimum atomic E-state index is 0.896. The van der Waals surface area contributed by atoms with Crippen LogP contribution in [0.3, 0.4) is 0 Å². The summed E-state index contributed by atoms with van der Waals surface area (Å²) < 4.78 is 0. The van der Waals surface area contributed by atoms with Gasteiger partial charge in [0, 0.05) is 11.3 Å². The Hall–Kier alpha value is -0.690. The fraction of sp³-hybridized carbons (Fsp3) is 0.125. The van der Waals surface area contributed by atoms with Crippen molar-refractivity contribution in [3.8, 4) is 0 Å². The molecule has 0 aliphatic heterocycles. The predicted molar refractivity (Wildman–Crippen MR) is 44.6 cm³/mol. The molecule has 0 fully saturated rings. The monoisotopic (exact) mass is 136 g/mol. The molecule has 0 aromatic heterocycles. The van der Waals surface area contributed by atoms with Crippen molar-refractivity contribution in [3.63, 3.8) is 0 Å². The Kier molecular flexibility index (Phi) is 1.96. The van der Waals surface area contributed by atoms with Gasteiger partial charge < -0.3 is 0 Å². The van der Waals surface area contributed by atoms with Gasteiger partial charge in [-0.25, -0.2) is 0 Å². The Bertz CT molecular complexity index is 197. The van der Waals surface area contributed by atoms with Crippen LogP contribution >= 0.6 is 12.2 Å². The first kappa shape index (κ1) is 6.43. The summed E-state index contributed by atoms with van der Waals surface area (Å²) in [7, 11) is 0. The number of hydrogen-bond donors (Lipinski definition) is 0. The van der Waals surface area contributed by atoms with Crippen molar-refractivity contribution in [1.82, 2.24) is 0 Å². The Morgan fingerprint density at radius 3 is 2.89 bits per heavy atom. The fourth-order valence-electron chi connectivity index (χ4n) is 0.739. The highest BCUT2D eigenvalue weighted by Gasteiger charge is 1.99. The topological polar surface area (TPSA) is 0 Å². The molecular formula is C8H8S. The maximum Gasteiger partial charge on any atom is 0.0262 e. The maximum absolute atomic E-state index is 5.04. The highest BCUT2D eigenvalue weighted by molar-refractivity contribution is 7.80. The van der Waals surface area contributed by atoms with Gasteiger partial charge in [-0.15, -0.1) is 0 Å². The summed E-state index contributed by atoms with van der Waals surface area (Å²) in [5, 5.41) is 0. The van der Waals surface area contributed by atoms with Crippen molar-refractivity contribution in [2.45, 2.75) is 6.42 Å². The lowest BCUT2D eigenvalue weighted by Crippen LogP contribution is -1.97. The third kappa shape index (κ3) is 1.36. The van der Waals surface area contributed by atoms with E-state index < -0.39 is 0 Å². The molecule has 0 aromatic carbocycles. The van der Waals surface area contributed by atoms with E-state index in [1.54, 1.807) is 6.08 Å². The first-order valence-electron chi connectivity index (χ1n) is 2.87. The molecule has 0 aromatic rings. The van der Waals surface area contributed by atoms with Crippen molar-refractivity contribution >= 4 is 17.1 Å². The quantitative estimate of drug-likeness (QED) is 0.499. The maximum atomic E-state index is 5.04. The second-order valence-corrected chi connectivity index (χ2v) is 2.37. The van der Waals surface area contributed by atoms with Gasteiger partial charge in [-0.1, -0.05) is 43.1 Å². The van der Waals surface area contributed by atoms with Crippen LogP contribution in [0.5, 0.6) is 0 Å². The largest absolute Gasteiger partial charge is 0.0984 e. The molecule has 46 valence electrons. The molecule has 0 N–H and O–H groups in total. The van der Waals surface area contributed by atoms with E-state index in [9.17, 15) is 0 Å². The van der Waals surface area contributed by atoms with Crippen molar-refractivity contribution in [2.75, 3.05) is 0 Å². The molecule has 9 heavy (non-hydrogen) atoms. The van der Waals surface area contributed by atoms with E-state index in [0.717, 1.165) is 16.9 Å². The highest BCUT2D eigenvalue weighted by Crippen LogP contribution is 2.09. The number of allylic oxidation sites excluding steroid dienone is 5. The summed E-state index contributed by atoms with van der Waals surface area (Å²) in [6.45, 7) is 3.65. The van der Waals surface area contributed by atoms with Crippen LogP contribution in [-0.2, 0) is 0 Å². The molecule has 0 amide bonds. The Balaban J connectivity index is 2.86. The summed E-state index contributed by atoms with van der Waals surface area (Å²) in [5.41, 5.74) is 1.09. The predicted octanol–water partition coefficient (Wildman–Crippen LogP) is 2.43. The van der Waals surface area contributed by atoms with Crippen LogP contribution in [0.4, 0.5) is 0 Å². The lowest BCUT2D eigenvalue weighted by Gasteiger charge is -2.03. The summed E-state index contributed by atoms with van der Waals surface area (Å²) in [4.78, 5) is 0.993. The third-order valence-corrected chi connectivity index (χ3v) is 1.66. The molecule has 0 nitrogen and oxygen atoms in total. The number of hydrogen-bond acceptors (Lipinski definition) is 1. The molecule has 0 saturated heterocycles. The summed E-state index contributed by atoms with van der Waals surface area (Å²) in [6.07, 6.45) is 8.74. The Labute approximate surface area is 60.6 Å². The average Bonchev–Trinajstić information content (AvgIpc) is 1.89. The van der Waals surface area contributed by atoms with Crippen LogP contribution in [0.2, 0.25) is 0 Å². The molecular weight excluding hydrogens is 128 g/mol. The van der Waals surface area contributed by atoms with Gasteiger partial charge >= 0.3 is 0 Å². The molecule has 0 bridgehead atoms. The fourth-order valence-corrected chi connectivity index (χ4v) is 0.987. The van der Waals surface area contributed by atoms with Crippen molar-refractivity contribution in [3.05, 3.63) is 36.5 Å². The van der Waals surface area contributed by atoms with Gasteiger partial charge in [0.1, 0.15) is 0 Å². The van der Waals surface area contributed by atoms with E-state index in [1.807, 2.05) is 12.2 Å². The van der Waals surface area contributed by atoms with E-state index in [-0.39, 0.29) is 0 Å². The van der Waals surface area contributed by atoms with Gasteiger partial charge in [-0.3, -0.25) is 0 Å². The van der Waals surface area contributed by atoms with Gasteiger partial charge in [0.15, 0.2) is 0 Å². The van der Waals surface area contributed by atoms with E-state index >= 15 is 0 Å². The van der Waals surface area contributed by atoms with Crippen LogP contribution in [0, 0.1) is 0 Å². The zero-order chi connectivity index (χ0) is 6.69. The minimum absolute atomic E-state index is 0.896. The van der Waals surface area contributed by atoms with Crippen LogP contribution in [0.15, 0.2) is 36.5 Å². The lowest BCUT2D eigenvalue weighted by molar-refractivity contribution is 1.47. The lowest BCUT2D eigenvalue weighted by atomic mass is 10.1. The van der Waals surface area contributed by atoms with Crippen LogP contribution in [0.1, 0.15) is 6.42 Å². The average molecular weight is 136 g/mol. The minimum Gasteiger partial charge on any atom is -0.0984 e. The SMILES string of the molecule is C=CC1=CC=CCC1=S. The van der Waals surface area contributed by atoms with Gasteiger partial charge in [0.2, 0.25) is 0 Å². The smallest absolute Gasteiger partial charge is 0.0262 e. The first-order valence-corrected chi connectivity index (χ1v) is 3.28. The van der Waals surface area contributed by atoms with Crippen LogP contribution in [-0.4, -0.2) is 4.86 Å². The molecule has 0 heterocycles. The van der Waals surface area contributed by atoms with E-state index in [4.69, 9.17) is 12.2 Å². The Morgan fingerprint density at radius 2 is 2.44 bits per heavy atom. The van der Waals surface area contributed by atoms with E-state index in [2.05, 4.69) is 12.7 Å². The third-order valence-electron chi connectivity index (χ3n) is 1.26. The molecule has 1 aliphatic rings. The second kappa shape index (κ2) is 2.74. The van der Waals surface area contributed by atoms with Gasteiger partial charge in [-0.05, 0) is 5.57 Å². The van der Waals surface area contributed by atoms with Crippen LogP contribution in [0.25, 0.3) is 0 Å². The molecule has 1 heteroatoms. The summed E-state index contributed by atoms with van der Waals surface area (Å²) >= 11 is 5.04. The summed E-state index contributed by atoms with van der Waals surface area (Å²) in [5.74, 6) is 0. The number of rotatable bonds is 1. The van der Waals surface area contributed by atoms with Gasteiger partial charge in [0.25, 0.3) is 0 Å². The van der Waals surface area contributed by atoms with Gasteiger partial charge in [0.05, 0.1) is 0 Å². The van der Waals surface area contributed by atoms with E-state index in [0.29, 0.717) is 0 Å². The molecule has 0 unspecified atom stereocenters. The van der Waals surface area contributed by atoms with Crippen molar-refractivity contribution < 1.29 is 0 Å². The molecule has 0 radical (unpaired) electrons. The molecule has 0 atom stereocenters. The Morgan fingerprint density at radius 1 is 1.67 bits per heavy atom. The standard InChI is InChI=1S/C8H8S/c1-2-7-5-3-4-6-8(7)9/h2-5H,1,6H2. The van der Waals surface area contributed by atoms with Crippen molar-refractivity contribution in [2.24, 2.45) is 0 Å². The normalized spacial score (nSPS) is 17.3. The zero-order valence-corrected chi connectivity index (χ0v) is 5.95. The first-order chi connectivity index (χ1) is 4.34.